The number of aromatic nitrogens is 1. The molecule has 0 aliphatic carbocycles. The number of hydrogen-bond acceptors (Lipinski definition) is 5. The fourth-order valence-electron chi connectivity index (χ4n) is 1.32. The Kier molecular flexibility index (Phi) is 4.15. The van der Waals surface area contributed by atoms with Gasteiger partial charge in [-0.3, -0.25) is 14.9 Å². The first-order valence-electron chi connectivity index (χ1n) is 5.23. The highest BCUT2D eigenvalue weighted by Gasteiger charge is 2.12. The molecule has 0 aliphatic heterocycles. The molecule has 0 atom stereocenters. The maximum atomic E-state index is 11.9. The first-order chi connectivity index (χ1) is 8.97. The number of nitrogens with zero attached hydrogens (tertiary/aromatic N) is 1. The molecule has 0 aliphatic rings. The Balaban J connectivity index is 2.15. The molecule has 1 aromatic heterocycles. The van der Waals surface area contributed by atoms with Crippen molar-refractivity contribution in [2.75, 3.05) is 5.32 Å². The fraction of sp³-hybridized carbons (Fsp3) is 0.0833. The Bertz CT molecular complexity index is 654. The van der Waals surface area contributed by atoms with Crippen LogP contribution in [-0.4, -0.2) is 21.8 Å². The number of anilines is 1. The number of nitrogens with one attached hydrogen (secondary N) is 1. The van der Waals surface area contributed by atoms with Crippen molar-refractivity contribution in [2.24, 2.45) is 0 Å². The van der Waals surface area contributed by atoms with E-state index in [0.29, 0.717) is 20.0 Å². The molecule has 98 valence electrons. The van der Waals surface area contributed by atoms with Gasteiger partial charge in [-0.1, -0.05) is 0 Å². The van der Waals surface area contributed by atoms with Crippen LogP contribution in [0.15, 0.2) is 23.6 Å². The minimum Gasteiger partial charge on any atom is -0.507 e. The van der Waals surface area contributed by atoms with Crippen LogP contribution in [0.4, 0.5) is 5.13 Å². The van der Waals surface area contributed by atoms with Crippen molar-refractivity contribution >= 4 is 50.7 Å². The molecule has 2 rings (SSSR count). The third kappa shape index (κ3) is 3.29. The summed E-state index contributed by atoms with van der Waals surface area (Å²) >= 11 is 3.15. The quantitative estimate of drug-likeness (QED) is 0.626. The molecule has 0 saturated heterocycles. The van der Waals surface area contributed by atoms with E-state index in [2.05, 4.69) is 10.3 Å². The standard InChI is InChI=1S/C12H9IN2O3S/c1-6(16)9-5-19-12(14-9)15-11(18)7-2-3-8(13)10(17)4-7/h2-5,17H,1H3,(H,14,15,18). The third-order valence-electron chi connectivity index (χ3n) is 2.29. The summed E-state index contributed by atoms with van der Waals surface area (Å²) in [5.74, 6) is -0.475. The van der Waals surface area contributed by atoms with Gasteiger partial charge in [0.2, 0.25) is 0 Å². The van der Waals surface area contributed by atoms with Gasteiger partial charge in [0.15, 0.2) is 10.9 Å². The van der Waals surface area contributed by atoms with E-state index in [-0.39, 0.29) is 17.4 Å². The zero-order chi connectivity index (χ0) is 14.0. The van der Waals surface area contributed by atoms with Crippen molar-refractivity contribution in [2.45, 2.75) is 6.92 Å². The lowest BCUT2D eigenvalue weighted by Crippen LogP contribution is -2.11. The molecule has 1 amide bonds. The number of thiazole rings is 1. The van der Waals surface area contributed by atoms with Gasteiger partial charge >= 0.3 is 0 Å². The van der Waals surface area contributed by atoms with E-state index < -0.39 is 0 Å². The maximum Gasteiger partial charge on any atom is 0.257 e. The highest BCUT2D eigenvalue weighted by Crippen LogP contribution is 2.22. The number of aromatic hydroxyl groups is 1. The van der Waals surface area contributed by atoms with Crippen LogP contribution in [0.1, 0.15) is 27.8 Å². The van der Waals surface area contributed by atoms with Gasteiger partial charge in [0.1, 0.15) is 11.4 Å². The summed E-state index contributed by atoms with van der Waals surface area (Å²) in [5.41, 5.74) is 0.656. The number of ketones is 1. The van der Waals surface area contributed by atoms with Crippen molar-refractivity contribution in [1.29, 1.82) is 0 Å². The van der Waals surface area contributed by atoms with E-state index >= 15 is 0 Å². The molecule has 0 bridgehead atoms. The van der Waals surface area contributed by atoms with Gasteiger partial charge in [-0.05, 0) is 40.8 Å². The predicted molar refractivity (Wildman–Crippen MR) is 80.9 cm³/mol. The molecule has 0 radical (unpaired) electrons. The fourth-order valence-corrected chi connectivity index (χ4v) is 2.40. The number of carbonyl (C=O) groups is 2. The average molecular weight is 388 g/mol. The lowest BCUT2D eigenvalue weighted by molar-refractivity contribution is 0.100. The Morgan fingerprint density at radius 1 is 1.42 bits per heavy atom. The van der Waals surface area contributed by atoms with Crippen molar-refractivity contribution in [1.82, 2.24) is 4.98 Å². The van der Waals surface area contributed by atoms with Gasteiger partial charge in [0.25, 0.3) is 5.91 Å². The molecule has 0 fully saturated rings. The molecule has 0 spiro atoms. The van der Waals surface area contributed by atoms with E-state index in [4.69, 9.17) is 0 Å². The van der Waals surface area contributed by atoms with Crippen LogP contribution >= 0.6 is 33.9 Å². The lowest BCUT2D eigenvalue weighted by atomic mass is 10.2. The summed E-state index contributed by atoms with van der Waals surface area (Å²) in [4.78, 5) is 27.0. The second-order valence-corrected chi connectivity index (χ2v) is 5.73. The van der Waals surface area contributed by atoms with Crippen LogP contribution in [0.25, 0.3) is 0 Å². The minimum absolute atomic E-state index is 0.0526. The van der Waals surface area contributed by atoms with E-state index in [1.807, 2.05) is 22.6 Å². The number of Topliss-reactive ketones (excluding diaryl/α,β-unsaturated/α-hetero) is 1. The smallest absolute Gasteiger partial charge is 0.257 e. The van der Waals surface area contributed by atoms with Crippen LogP contribution in [0.3, 0.4) is 0 Å². The first-order valence-corrected chi connectivity index (χ1v) is 7.19. The number of halogens is 1. The Morgan fingerprint density at radius 2 is 2.16 bits per heavy atom. The van der Waals surface area contributed by atoms with Crippen molar-refractivity contribution in [3.8, 4) is 5.75 Å². The normalized spacial score (nSPS) is 10.2. The van der Waals surface area contributed by atoms with Crippen LogP contribution in [0.2, 0.25) is 0 Å². The van der Waals surface area contributed by atoms with Crippen molar-refractivity contribution < 1.29 is 14.7 Å². The Morgan fingerprint density at radius 3 is 2.74 bits per heavy atom. The van der Waals surface area contributed by atoms with Gasteiger partial charge in [-0.15, -0.1) is 11.3 Å². The molecule has 2 N–H and O–H groups in total. The molecule has 0 saturated carbocycles. The summed E-state index contributed by atoms with van der Waals surface area (Å²) in [5, 5.41) is 14.1. The summed E-state index contributed by atoms with van der Waals surface area (Å²) in [7, 11) is 0. The summed E-state index contributed by atoms with van der Waals surface area (Å²) < 4.78 is 0.669. The number of hydrogen-bond donors (Lipinski definition) is 2. The van der Waals surface area contributed by atoms with Crippen molar-refractivity contribution in [3.63, 3.8) is 0 Å². The number of benzene rings is 1. The first kappa shape index (κ1) is 13.9. The minimum atomic E-state index is -0.379. The molecule has 1 heterocycles. The van der Waals surface area contributed by atoms with Crippen LogP contribution in [0, 0.1) is 3.57 Å². The predicted octanol–water partition coefficient (Wildman–Crippen LogP) is 2.91. The molecule has 19 heavy (non-hydrogen) atoms. The molecule has 7 heteroatoms. The topological polar surface area (TPSA) is 79.3 Å². The third-order valence-corrected chi connectivity index (χ3v) is 3.96. The van der Waals surface area contributed by atoms with Gasteiger partial charge in [-0.2, -0.15) is 0 Å². The highest BCUT2D eigenvalue weighted by atomic mass is 127. The second kappa shape index (κ2) is 5.66. The molecular weight excluding hydrogens is 379 g/mol. The van der Waals surface area contributed by atoms with Crippen LogP contribution in [-0.2, 0) is 0 Å². The second-order valence-electron chi connectivity index (χ2n) is 3.71. The maximum absolute atomic E-state index is 11.9. The SMILES string of the molecule is CC(=O)c1csc(NC(=O)c2ccc(I)c(O)c2)n1. The van der Waals surface area contributed by atoms with Crippen LogP contribution in [0.5, 0.6) is 5.75 Å². The number of amides is 1. The summed E-state index contributed by atoms with van der Waals surface area (Å²) in [6, 6.07) is 4.64. The summed E-state index contributed by atoms with van der Waals surface area (Å²) in [6.45, 7) is 1.41. The number of carbonyl (C=O) groups excluding carboxylic acids is 2. The van der Waals surface area contributed by atoms with Gasteiger partial charge in [0.05, 0.1) is 3.57 Å². The zero-order valence-electron chi connectivity index (χ0n) is 9.81. The van der Waals surface area contributed by atoms with E-state index in [0.717, 1.165) is 0 Å². The van der Waals surface area contributed by atoms with E-state index in [9.17, 15) is 14.7 Å². The zero-order valence-corrected chi connectivity index (χ0v) is 12.8. The van der Waals surface area contributed by atoms with Crippen molar-refractivity contribution in [3.05, 3.63) is 38.4 Å². The highest BCUT2D eigenvalue weighted by molar-refractivity contribution is 14.1. The summed E-state index contributed by atoms with van der Waals surface area (Å²) in [6.07, 6.45) is 0. The lowest BCUT2D eigenvalue weighted by Gasteiger charge is -2.03. The molecule has 1 aromatic carbocycles. The largest absolute Gasteiger partial charge is 0.507 e. The monoisotopic (exact) mass is 388 g/mol. The number of phenols is 1. The van der Waals surface area contributed by atoms with E-state index in [1.165, 1.54) is 24.3 Å². The van der Waals surface area contributed by atoms with Gasteiger partial charge in [-0.25, -0.2) is 4.98 Å². The van der Waals surface area contributed by atoms with Gasteiger partial charge < -0.3 is 5.11 Å². The molecule has 0 unspecified atom stereocenters. The van der Waals surface area contributed by atoms with E-state index in [1.54, 1.807) is 17.5 Å². The number of phenolic OH excluding ortho intramolecular Hbond substituents is 1. The molecular formula is C12H9IN2O3S. The van der Waals surface area contributed by atoms with Crippen LogP contribution < -0.4 is 5.32 Å². The Hall–Kier alpha value is -1.48. The Labute approximate surface area is 126 Å². The molecule has 5 nitrogen and oxygen atoms in total. The average Bonchev–Trinajstić information content (AvgIpc) is 2.81. The number of rotatable bonds is 3. The molecule has 2 aromatic rings. The van der Waals surface area contributed by atoms with Gasteiger partial charge in [0, 0.05) is 17.9 Å².